The second kappa shape index (κ2) is 24.8. The molecule has 0 fully saturated rings. The summed E-state index contributed by atoms with van der Waals surface area (Å²) in [5.41, 5.74) is 7.00. The molecule has 0 aliphatic rings. The van der Waals surface area contributed by atoms with Gasteiger partial charge in [0.15, 0.2) is 0 Å². The topological polar surface area (TPSA) is 23.8 Å². The average Bonchev–Trinajstić information content (AvgIpc) is 2.30. The van der Waals surface area contributed by atoms with Crippen molar-refractivity contribution >= 4 is 0 Å². The molecule has 0 spiro atoms. The van der Waals surface area contributed by atoms with Gasteiger partial charge in [-0.1, -0.05) is 71.1 Å². The van der Waals surface area contributed by atoms with E-state index in [0.717, 1.165) is 6.42 Å². The van der Waals surface area contributed by atoms with Gasteiger partial charge in [-0.2, -0.15) is 6.54 Å². The minimum absolute atomic E-state index is 0. The quantitative estimate of drug-likeness (QED) is 0.316. The molecule has 0 aromatic carbocycles. The Morgan fingerprint density at radius 2 is 1.00 bits per heavy atom. The third kappa shape index (κ3) is 24.1. The smallest absolute Gasteiger partial charge is 0.677 e. The molecule has 16 heavy (non-hydrogen) atoms. The Balaban J connectivity index is -0.000000529. The predicted octanol–water partition coefficient (Wildman–Crippen LogP) is 2.77. The molecule has 1 nitrogen and oxygen atoms in total. The van der Waals surface area contributed by atoms with Gasteiger partial charge >= 0.3 is 29.6 Å². The molecule has 0 rings (SSSR count). The summed E-state index contributed by atoms with van der Waals surface area (Å²) in [5, 5.41) is 0. The molecule has 2 heteroatoms. The van der Waals surface area contributed by atoms with Gasteiger partial charge < -0.3 is 5.73 Å². The van der Waals surface area contributed by atoms with E-state index in [0.29, 0.717) is 6.54 Å². The van der Waals surface area contributed by atoms with Crippen LogP contribution in [0.15, 0.2) is 13.2 Å². The second-order valence-corrected chi connectivity index (χ2v) is 3.93. The van der Waals surface area contributed by atoms with Crippen LogP contribution in [-0.2, 0) is 0 Å². The fourth-order valence-electron chi connectivity index (χ4n) is 1.61. The number of rotatable bonds is 10. The SMILES string of the molecule is C=C.CCCCCCCCCCCC[NH-].[Na+]. The molecular weight excluding hydrogens is 205 g/mol. The first-order valence-corrected chi connectivity index (χ1v) is 6.56. The number of hydrogen-bond donors (Lipinski definition) is 0. The van der Waals surface area contributed by atoms with E-state index in [1.54, 1.807) is 0 Å². The molecule has 0 unspecified atom stereocenters. The Morgan fingerprint density at radius 1 is 0.688 bits per heavy atom. The van der Waals surface area contributed by atoms with Crippen LogP contribution in [0.1, 0.15) is 71.1 Å². The summed E-state index contributed by atoms with van der Waals surface area (Å²) in [7, 11) is 0. The van der Waals surface area contributed by atoms with Crippen molar-refractivity contribution < 1.29 is 29.6 Å². The molecule has 0 aliphatic carbocycles. The molecule has 0 saturated heterocycles. The summed E-state index contributed by atoms with van der Waals surface area (Å²) < 4.78 is 0. The van der Waals surface area contributed by atoms with E-state index in [-0.39, 0.29) is 29.6 Å². The first-order valence-electron chi connectivity index (χ1n) is 6.56. The fourth-order valence-corrected chi connectivity index (χ4v) is 1.61. The standard InChI is InChI=1S/C12H26N.C2H4.Na/c1-2-3-4-5-6-7-8-9-10-11-12-13;1-2;/h13H,2-12H2,1H3;1-2H2;/q-1;;+1. The largest absolute Gasteiger partial charge is 1.00 e. The zero-order valence-electron chi connectivity index (χ0n) is 11.7. The third-order valence-corrected chi connectivity index (χ3v) is 2.53. The van der Waals surface area contributed by atoms with Crippen molar-refractivity contribution in [3.63, 3.8) is 0 Å². The molecule has 0 saturated carbocycles. The predicted molar refractivity (Wildman–Crippen MR) is 72.3 cm³/mol. The molecule has 0 heterocycles. The molecule has 0 aromatic rings. The van der Waals surface area contributed by atoms with Crippen LogP contribution in [0.2, 0.25) is 0 Å². The molecule has 92 valence electrons. The van der Waals surface area contributed by atoms with Gasteiger partial charge in [-0.15, -0.1) is 13.2 Å². The van der Waals surface area contributed by atoms with Crippen molar-refractivity contribution in [3.8, 4) is 0 Å². The number of unbranched alkanes of at least 4 members (excludes halogenated alkanes) is 9. The van der Waals surface area contributed by atoms with Crippen molar-refractivity contribution in [2.75, 3.05) is 6.54 Å². The zero-order valence-corrected chi connectivity index (χ0v) is 13.7. The maximum Gasteiger partial charge on any atom is 1.00 e. The summed E-state index contributed by atoms with van der Waals surface area (Å²) in [6, 6.07) is 0. The molecule has 0 amide bonds. The van der Waals surface area contributed by atoms with E-state index >= 15 is 0 Å². The Hall–Kier alpha value is 0.700. The van der Waals surface area contributed by atoms with Crippen molar-refractivity contribution in [2.24, 2.45) is 0 Å². The van der Waals surface area contributed by atoms with Crippen LogP contribution in [-0.4, -0.2) is 6.54 Å². The molecule has 0 radical (unpaired) electrons. The second-order valence-electron chi connectivity index (χ2n) is 3.93. The van der Waals surface area contributed by atoms with Crippen LogP contribution in [0.3, 0.4) is 0 Å². The van der Waals surface area contributed by atoms with Gasteiger partial charge in [-0.25, -0.2) is 0 Å². The van der Waals surface area contributed by atoms with Gasteiger partial charge in [0, 0.05) is 0 Å². The maximum atomic E-state index is 7.00. The van der Waals surface area contributed by atoms with Gasteiger partial charge in [0.2, 0.25) is 0 Å². The Morgan fingerprint density at radius 3 is 1.31 bits per heavy atom. The van der Waals surface area contributed by atoms with Crippen molar-refractivity contribution in [2.45, 2.75) is 71.1 Å². The van der Waals surface area contributed by atoms with Crippen LogP contribution >= 0.6 is 0 Å². The van der Waals surface area contributed by atoms with Crippen LogP contribution in [0.25, 0.3) is 5.73 Å². The maximum absolute atomic E-state index is 7.00. The van der Waals surface area contributed by atoms with E-state index in [1.165, 1.54) is 57.8 Å². The first-order chi connectivity index (χ1) is 7.41. The van der Waals surface area contributed by atoms with Crippen molar-refractivity contribution in [1.82, 2.24) is 0 Å². The monoisotopic (exact) mass is 235 g/mol. The average molecular weight is 235 g/mol. The third-order valence-electron chi connectivity index (χ3n) is 2.53. The number of hydrogen-bond acceptors (Lipinski definition) is 0. The number of nitrogens with one attached hydrogen (secondary N) is 1. The van der Waals surface area contributed by atoms with Gasteiger partial charge in [0.1, 0.15) is 0 Å². The van der Waals surface area contributed by atoms with E-state index in [4.69, 9.17) is 5.73 Å². The van der Waals surface area contributed by atoms with Crippen LogP contribution in [0.4, 0.5) is 0 Å². The van der Waals surface area contributed by atoms with E-state index < -0.39 is 0 Å². The van der Waals surface area contributed by atoms with E-state index in [1.807, 2.05) is 0 Å². The minimum Gasteiger partial charge on any atom is -0.677 e. The van der Waals surface area contributed by atoms with Crippen molar-refractivity contribution in [1.29, 1.82) is 0 Å². The van der Waals surface area contributed by atoms with Crippen LogP contribution in [0, 0.1) is 0 Å². The van der Waals surface area contributed by atoms with Crippen LogP contribution in [0.5, 0.6) is 0 Å². The van der Waals surface area contributed by atoms with Gasteiger partial charge in [0.05, 0.1) is 0 Å². The molecule has 0 bridgehead atoms. The molecule has 0 aliphatic heterocycles. The Bertz CT molecular complexity index is 86.7. The summed E-state index contributed by atoms with van der Waals surface area (Å²) in [6.45, 7) is 8.89. The molecule has 0 atom stereocenters. The Labute approximate surface area is 126 Å². The van der Waals surface area contributed by atoms with Gasteiger partial charge in [0.25, 0.3) is 0 Å². The fraction of sp³-hybridized carbons (Fsp3) is 0.857. The zero-order chi connectivity index (χ0) is 11.8. The summed E-state index contributed by atoms with van der Waals surface area (Å²) in [6.07, 6.45) is 13.6. The normalized spacial score (nSPS) is 8.88. The van der Waals surface area contributed by atoms with Gasteiger partial charge in [-0.05, 0) is 0 Å². The molecule has 1 N–H and O–H groups in total. The van der Waals surface area contributed by atoms with E-state index in [2.05, 4.69) is 20.1 Å². The Kier molecular flexibility index (Phi) is 34.0. The summed E-state index contributed by atoms with van der Waals surface area (Å²) in [5.74, 6) is 0. The summed E-state index contributed by atoms with van der Waals surface area (Å²) >= 11 is 0. The molecule has 0 aromatic heterocycles. The summed E-state index contributed by atoms with van der Waals surface area (Å²) in [4.78, 5) is 0. The van der Waals surface area contributed by atoms with Crippen molar-refractivity contribution in [3.05, 3.63) is 18.9 Å². The first kappa shape index (κ1) is 21.9. The molecular formula is C14H30NNa. The van der Waals surface area contributed by atoms with E-state index in [9.17, 15) is 0 Å². The minimum atomic E-state index is 0. The van der Waals surface area contributed by atoms with Gasteiger partial charge in [-0.3, -0.25) is 0 Å². The van der Waals surface area contributed by atoms with Crippen LogP contribution < -0.4 is 29.6 Å².